The average Bonchev–Trinajstić information content (AvgIpc) is 3.19. The molecule has 0 amide bonds. The molecule has 0 spiro atoms. The second kappa shape index (κ2) is 6.09. The highest BCUT2D eigenvalue weighted by Gasteiger charge is 2.11. The molecule has 0 bridgehead atoms. The van der Waals surface area contributed by atoms with E-state index >= 15 is 0 Å². The fourth-order valence-electron chi connectivity index (χ4n) is 2.46. The number of aryl methyl sites for hydroxylation is 2. The van der Waals surface area contributed by atoms with Crippen molar-refractivity contribution in [1.29, 1.82) is 0 Å². The van der Waals surface area contributed by atoms with E-state index in [9.17, 15) is 0 Å². The second-order valence-corrected chi connectivity index (χ2v) is 6.45. The standard InChI is InChI=1S/C17H15N5OS/c1-11-4-5-14(12(2)8-11)15-19-13(9-23-15)10-24-17-20-16-18-6-3-7-22(16)21-17/h3-9H,10H2,1-2H3. The lowest BCUT2D eigenvalue weighted by Gasteiger charge is -2.02. The lowest BCUT2D eigenvalue weighted by molar-refractivity contribution is 0.573. The highest BCUT2D eigenvalue weighted by atomic mass is 32.2. The SMILES string of the molecule is Cc1ccc(-c2nc(CSc3nc4ncccn4n3)co2)c(C)c1. The van der Waals surface area contributed by atoms with Gasteiger partial charge < -0.3 is 4.42 Å². The van der Waals surface area contributed by atoms with Gasteiger partial charge in [-0.1, -0.05) is 29.5 Å². The molecule has 7 heteroatoms. The molecule has 0 saturated carbocycles. The summed E-state index contributed by atoms with van der Waals surface area (Å²) in [4.78, 5) is 13.1. The van der Waals surface area contributed by atoms with Crippen LogP contribution in [0.5, 0.6) is 0 Å². The third-order valence-electron chi connectivity index (χ3n) is 3.61. The molecule has 0 unspecified atom stereocenters. The Balaban J connectivity index is 1.50. The highest BCUT2D eigenvalue weighted by molar-refractivity contribution is 7.98. The third kappa shape index (κ3) is 2.90. The first-order valence-electron chi connectivity index (χ1n) is 7.51. The first-order chi connectivity index (χ1) is 11.7. The first kappa shape index (κ1) is 14.9. The van der Waals surface area contributed by atoms with Crippen molar-refractivity contribution in [1.82, 2.24) is 24.6 Å². The minimum absolute atomic E-state index is 0.594. The van der Waals surface area contributed by atoms with Gasteiger partial charge in [0.2, 0.25) is 11.0 Å². The number of aromatic nitrogens is 5. The molecule has 3 heterocycles. The minimum atomic E-state index is 0.594. The minimum Gasteiger partial charge on any atom is -0.444 e. The molecule has 0 aliphatic rings. The van der Waals surface area contributed by atoms with Crippen LogP contribution in [0, 0.1) is 13.8 Å². The number of benzene rings is 1. The number of hydrogen-bond donors (Lipinski definition) is 0. The van der Waals surface area contributed by atoms with Crippen LogP contribution >= 0.6 is 11.8 Å². The molecule has 0 radical (unpaired) electrons. The van der Waals surface area contributed by atoms with Gasteiger partial charge in [0.05, 0.1) is 5.69 Å². The maximum atomic E-state index is 5.64. The Morgan fingerprint density at radius 2 is 2.12 bits per heavy atom. The van der Waals surface area contributed by atoms with E-state index in [2.05, 4.69) is 46.0 Å². The van der Waals surface area contributed by atoms with E-state index in [-0.39, 0.29) is 0 Å². The predicted octanol–water partition coefficient (Wildman–Crippen LogP) is 3.69. The fourth-order valence-corrected chi connectivity index (χ4v) is 3.17. The van der Waals surface area contributed by atoms with E-state index in [4.69, 9.17) is 4.42 Å². The molecule has 4 rings (SSSR count). The number of rotatable bonds is 4. The molecule has 4 aromatic rings. The summed E-state index contributed by atoms with van der Waals surface area (Å²) < 4.78 is 7.29. The van der Waals surface area contributed by atoms with E-state index < -0.39 is 0 Å². The van der Waals surface area contributed by atoms with Crippen molar-refractivity contribution in [2.75, 3.05) is 0 Å². The van der Waals surface area contributed by atoms with Crippen LogP contribution in [-0.2, 0) is 5.75 Å². The summed E-state index contributed by atoms with van der Waals surface area (Å²) in [6, 6.07) is 8.06. The molecule has 0 aliphatic carbocycles. The van der Waals surface area contributed by atoms with Crippen LogP contribution in [-0.4, -0.2) is 24.6 Å². The lowest BCUT2D eigenvalue weighted by Crippen LogP contribution is -1.87. The van der Waals surface area contributed by atoms with Gasteiger partial charge in [0.1, 0.15) is 6.26 Å². The zero-order chi connectivity index (χ0) is 16.5. The fraction of sp³-hybridized carbons (Fsp3) is 0.176. The van der Waals surface area contributed by atoms with Gasteiger partial charge in [-0.2, -0.15) is 4.98 Å². The number of nitrogens with zero attached hydrogens (tertiary/aromatic N) is 5. The molecule has 0 fully saturated rings. The number of thioether (sulfide) groups is 1. The van der Waals surface area contributed by atoms with Crippen molar-refractivity contribution in [3.8, 4) is 11.5 Å². The average molecular weight is 337 g/mol. The summed E-state index contributed by atoms with van der Waals surface area (Å²) in [5, 5.41) is 5.04. The van der Waals surface area contributed by atoms with Gasteiger partial charge >= 0.3 is 0 Å². The van der Waals surface area contributed by atoms with Crippen LogP contribution in [0.3, 0.4) is 0 Å². The lowest BCUT2D eigenvalue weighted by atomic mass is 10.1. The van der Waals surface area contributed by atoms with Crippen molar-refractivity contribution in [2.24, 2.45) is 0 Å². The summed E-state index contributed by atoms with van der Waals surface area (Å²) >= 11 is 1.51. The second-order valence-electron chi connectivity index (χ2n) is 5.51. The first-order valence-corrected chi connectivity index (χ1v) is 8.50. The molecule has 1 aromatic carbocycles. The summed E-state index contributed by atoms with van der Waals surface area (Å²) in [5.41, 5.74) is 4.27. The molecule has 120 valence electrons. The van der Waals surface area contributed by atoms with Crippen LogP contribution in [0.2, 0.25) is 0 Å². The van der Waals surface area contributed by atoms with Crippen molar-refractivity contribution in [3.63, 3.8) is 0 Å². The van der Waals surface area contributed by atoms with Crippen LogP contribution in [0.15, 0.2) is 52.5 Å². The molecular weight excluding hydrogens is 322 g/mol. The molecular formula is C17H15N5OS. The summed E-state index contributed by atoms with van der Waals surface area (Å²) in [5.74, 6) is 1.88. The van der Waals surface area contributed by atoms with Crippen LogP contribution in [0.25, 0.3) is 17.2 Å². The van der Waals surface area contributed by atoms with Crippen molar-refractivity contribution in [2.45, 2.75) is 24.8 Å². The molecule has 6 nitrogen and oxygen atoms in total. The smallest absolute Gasteiger partial charge is 0.253 e. The largest absolute Gasteiger partial charge is 0.444 e. The van der Waals surface area contributed by atoms with Crippen LogP contribution < -0.4 is 0 Å². The van der Waals surface area contributed by atoms with Gasteiger partial charge in [0.25, 0.3) is 5.78 Å². The Kier molecular flexibility index (Phi) is 3.78. The van der Waals surface area contributed by atoms with E-state index in [1.54, 1.807) is 17.0 Å². The molecule has 24 heavy (non-hydrogen) atoms. The molecule has 0 aliphatic heterocycles. The van der Waals surface area contributed by atoms with Crippen LogP contribution in [0.1, 0.15) is 16.8 Å². The monoisotopic (exact) mass is 337 g/mol. The maximum absolute atomic E-state index is 5.64. The molecule has 0 atom stereocenters. The normalized spacial score (nSPS) is 11.2. The number of oxazole rings is 1. The van der Waals surface area contributed by atoms with E-state index in [0.717, 1.165) is 16.8 Å². The third-order valence-corrected chi connectivity index (χ3v) is 4.48. The topological polar surface area (TPSA) is 69.1 Å². The van der Waals surface area contributed by atoms with Gasteiger partial charge in [-0.15, -0.1) is 5.10 Å². The van der Waals surface area contributed by atoms with Crippen molar-refractivity contribution in [3.05, 3.63) is 59.7 Å². The Bertz CT molecular complexity index is 974. The molecule has 0 N–H and O–H groups in total. The Morgan fingerprint density at radius 3 is 2.96 bits per heavy atom. The zero-order valence-electron chi connectivity index (χ0n) is 13.3. The Labute approximate surface area is 143 Å². The quantitative estimate of drug-likeness (QED) is 0.529. The van der Waals surface area contributed by atoms with Gasteiger partial charge in [0, 0.05) is 23.7 Å². The number of fused-ring (bicyclic) bond motifs is 1. The zero-order valence-corrected chi connectivity index (χ0v) is 14.1. The van der Waals surface area contributed by atoms with Crippen LogP contribution in [0.4, 0.5) is 0 Å². The van der Waals surface area contributed by atoms with E-state index in [1.807, 2.05) is 18.3 Å². The highest BCUT2D eigenvalue weighted by Crippen LogP contribution is 2.26. The summed E-state index contributed by atoms with van der Waals surface area (Å²) in [6.45, 7) is 4.14. The maximum Gasteiger partial charge on any atom is 0.253 e. The van der Waals surface area contributed by atoms with Crippen molar-refractivity contribution < 1.29 is 4.42 Å². The Hall–Kier alpha value is -2.67. The van der Waals surface area contributed by atoms with Gasteiger partial charge in [-0.3, -0.25) is 0 Å². The summed E-state index contributed by atoms with van der Waals surface area (Å²) in [6.07, 6.45) is 5.22. The molecule has 0 saturated heterocycles. The van der Waals surface area contributed by atoms with E-state index in [0.29, 0.717) is 22.6 Å². The Morgan fingerprint density at radius 1 is 1.21 bits per heavy atom. The summed E-state index contributed by atoms with van der Waals surface area (Å²) in [7, 11) is 0. The number of hydrogen-bond acceptors (Lipinski definition) is 6. The van der Waals surface area contributed by atoms with Gasteiger partial charge in [-0.05, 0) is 31.5 Å². The van der Waals surface area contributed by atoms with Crippen molar-refractivity contribution >= 4 is 17.5 Å². The van der Waals surface area contributed by atoms with Gasteiger partial charge in [-0.25, -0.2) is 14.5 Å². The van der Waals surface area contributed by atoms with Gasteiger partial charge in [0.15, 0.2) is 0 Å². The molecule has 3 aromatic heterocycles. The van der Waals surface area contributed by atoms with E-state index in [1.165, 1.54) is 17.3 Å². The predicted molar refractivity (Wildman–Crippen MR) is 91.8 cm³/mol.